The predicted molar refractivity (Wildman–Crippen MR) is 114 cm³/mol. The Morgan fingerprint density at radius 3 is 2.43 bits per heavy atom. The van der Waals surface area contributed by atoms with Crippen molar-refractivity contribution in [2.75, 3.05) is 31.9 Å². The van der Waals surface area contributed by atoms with Crippen LogP contribution in [0, 0.1) is 0 Å². The van der Waals surface area contributed by atoms with Gasteiger partial charge in [0.05, 0.1) is 14.9 Å². The highest BCUT2D eigenvalue weighted by Crippen LogP contribution is 2.25. The van der Waals surface area contributed by atoms with Crippen LogP contribution in [0.3, 0.4) is 0 Å². The van der Waals surface area contributed by atoms with Gasteiger partial charge in [-0.05, 0) is 34.4 Å². The molecule has 0 N–H and O–H groups in total. The fourth-order valence-corrected chi connectivity index (χ4v) is 6.37. The van der Waals surface area contributed by atoms with E-state index >= 15 is 0 Å². The van der Waals surface area contributed by atoms with Crippen molar-refractivity contribution < 1.29 is 13.2 Å². The van der Waals surface area contributed by atoms with E-state index in [-0.39, 0.29) is 5.91 Å². The summed E-state index contributed by atoms with van der Waals surface area (Å²) >= 11 is 3.15. The minimum absolute atomic E-state index is 0.0566. The summed E-state index contributed by atoms with van der Waals surface area (Å²) in [6.45, 7) is 1.50. The van der Waals surface area contributed by atoms with Crippen LogP contribution in [0.2, 0.25) is 0 Å². The second-order valence-corrected chi connectivity index (χ2v) is 10.7. The minimum Gasteiger partial charge on any atom is -0.339 e. The van der Waals surface area contributed by atoms with Gasteiger partial charge in [-0.1, -0.05) is 36.4 Å². The summed E-state index contributed by atoms with van der Waals surface area (Å²) in [5.74, 6) is 0.443. The monoisotopic (exact) mass is 432 g/mol. The van der Waals surface area contributed by atoms with Gasteiger partial charge < -0.3 is 4.90 Å². The standard InChI is InChI=1S/C20H20N2O3S3/c23-19(15-27-20-6-3-13-26-20)21-9-11-22(12-10-21)28(24,25)18-8-7-16-4-1-2-5-17(16)14-18/h1-8,13-14H,9-12,15H2. The van der Waals surface area contributed by atoms with Gasteiger partial charge in [-0.15, -0.1) is 23.1 Å². The lowest BCUT2D eigenvalue weighted by molar-refractivity contribution is -0.129. The molecule has 1 aliphatic heterocycles. The molecular weight excluding hydrogens is 412 g/mol. The summed E-state index contributed by atoms with van der Waals surface area (Å²) in [6, 6.07) is 16.9. The molecule has 0 saturated carbocycles. The van der Waals surface area contributed by atoms with E-state index in [0.29, 0.717) is 36.8 Å². The number of fused-ring (bicyclic) bond motifs is 1. The summed E-state index contributed by atoms with van der Waals surface area (Å²) in [4.78, 5) is 14.5. The summed E-state index contributed by atoms with van der Waals surface area (Å²) in [5.41, 5.74) is 0. The van der Waals surface area contributed by atoms with Gasteiger partial charge in [0.25, 0.3) is 0 Å². The number of sulfonamides is 1. The molecule has 0 atom stereocenters. The van der Waals surface area contributed by atoms with Gasteiger partial charge in [0, 0.05) is 26.2 Å². The van der Waals surface area contributed by atoms with E-state index in [2.05, 4.69) is 0 Å². The van der Waals surface area contributed by atoms with Crippen LogP contribution < -0.4 is 0 Å². The second-order valence-electron chi connectivity index (χ2n) is 6.51. The molecule has 1 amide bonds. The molecule has 4 rings (SSSR count). The van der Waals surface area contributed by atoms with Crippen LogP contribution in [0.25, 0.3) is 10.8 Å². The van der Waals surface area contributed by atoms with Crippen molar-refractivity contribution >= 4 is 49.8 Å². The highest BCUT2D eigenvalue weighted by molar-refractivity contribution is 8.01. The number of amides is 1. The molecule has 0 radical (unpaired) electrons. The quantitative estimate of drug-likeness (QED) is 0.579. The van der Waals surface area contributed by atoms with E-state index in [1.54, 1.807) is 28.4 Å². The smallest absolute Gasteiger partial charge is 0.243 e. The molecule has 5 nitrogen and oxygen atoms in total. The van der Waals surface area contributed by atoms with Gasteiger partial charge in [-0.3, -0.25) is 4.79 Å². The first-order valence-electron chi connectivity index (χ1n) is 8.97. The van der Waals surface area contributed by atoms with Crippen LogP contribution in [-0.2, 0) is 14.8 Å². The molecule has 0 bridgehead atoms. The van der Waals surface area contributed by atoms with Crippen LogP contribution in [0.5, 0.6) is 0 Å². The number of carbonyl (C=O) groups excluding carboxylic acids is 1. The van der Waals surface area contributed by atoms with E-state index in [1.807, 2.05) is 47.8 Å². The Balaban J connectivity index is 1.39. The highest BCUT2D eigenvalue weighted by Gasteiger charge is 2.30. The Morgan fingerprint density at radius 1 is 0.964 bits per heavy atom. The number of benzene rings is 2. The highest BCUT2D eigenvalue weighted by atomic mass is 32.2. The van der Waals surface area contributed by atoms with Crippen molar-refractivity contribution in [2.45, 2.75) is 9.10 Å². The first kappa shape index (κ1) is 19.4. The van der Waals surface area contributed by atoms with Gasteiger partial charge in [-0.2, -0.15) is 4.31 Å². The number of carbonyl (C=O) groups is 1. The van der Waals surface area contributed by atoms with Gasteiger partial charge in [0.2, 0.25) is 15.9 Å². The average molecular weight is 433 g/mol. The molecule has 0 aliphatic carbocycles. The van der Waals surface area contributed by atoms with E-state index in [4.69, 9.17) is 0 Å². The van der Waals surface area contributed by atoms with Crippen molar-refractivity contribution in [2.24, 2.45) is 0 Å². The molecule has 0 unspecified atom stereocenters. The van der Waals surface area contributed by atoms with Gasteiger partial charge in [0.1, 0.15) is 0 Å². The van der Waals surface area contributed by atoms with Crippen molar-refractivity contribution in [1.29, 1.82) is 0 Å². The van der Waals surface area contributed by atoms with Gasteiger partial charge in [-0.25, -0.2) is 8.42 Å². The topological polar surface area (TPSA) is 57.7 Å². The maximum atomic E-state index is 13.0. The molecule has 2 heterocycles. The molecule has 1 saturated heterocycles. The van der Waals surface area contributed by atoms with E-state index in [9.17, 15) is 13.2 Å². The fourth-order valence-electron chi connectivity index (χ4n) is 3.22. The van der Waals surface area contributed by atoms with E-state index in [1.165, 1.54) is 16.1 Å². The number of rotatable bonds is 5. The summed E-state index contributed by atoms with van der Waals surface area (Å²) < 4.78 is 28.6. The Bertz CT molecular complexity index is 1070. The van der Waals surface area contributed by atoms with Crippen molar-refractivity contribution in [3.05, 3.63) is 60.0 Å². The number of thiophene rings is 1. The first-order valence-corrected chi connectivity index (χ1v) is 12.3. The van der Waals surface area contributed by atoms with Crippen LogP contribution in [0.4, 0.5) is 0 Å². The van der Waals surface area contributed by atoms with E-state index in [0.717, 1.165) is 15.0 Å². The lowest BCUT2D eigenvalue weighted by Crippen LogP contribution is -2.50. The molecule has 8 heteroatoms. The Labute approximate surface area is 173 Å². The van der Waals surface area contributed by atoms with Crippen LogP contribution >= 0.6 is 23.1 Å². The lowest BCUT2D eigenvalue weighted by atomic mass is 10.1. The fraction of sp³-hybridized carbons (Fsp3) is 0.250. The third kappa shape index (κ3) is 4.10. The van der Waals surface area contributed by atoms with Gasteiger partial charge >= 0.3 is 0 Å². The Kier molecular flexibility index (Phi) is 5.73. The van der Waals surface area contributed by atoms with Crippen LogP contribution in [0.15, 0.2) is 69.1 Å². The molecule has 0 spiro atoms. The number of nitrogens with zero attached hydrogens (tertiary/aromatic N) is 2. The number of hydrogen-bond donors (Lipinski definition) is 0. The molecule has 3 aromatic rings. The zero-order valence-electron chi connectivity index (χ0n) is 15.2. The molecule has 1 fully saturated rings. The average Bonchev–Trinajstić information content (AvgIpc) is 3.25. The van der Waals surface area contributed by atoms with Crippen LogP contribution in [0.1, 0.15) is 0 Å². The van der Waals surface area contributed by atoms with Gasteiger partial charge in [0.15, 0.2) is 0 Å². The Hall–Kier alpha value is -1.87. The van der Waals surface area contributed by atoms with Crippen molar-refractivity contribution in [1.82, 2.24) is 9.21 Å². The van der Waals surface area contributed by atoms with Crippen molar-refractivity contribution in [3.8, 4) is 0 Å². The summed E-state index contributed by atoms with van der Waals surface area (Å²) in [7, 11) is -3.56. The normalized spacial score (nSPS) is 15.8. The van der Waals surface area contributed by atoms with Crippen molar-refractivity contribution in [3.63, 3.8) is 0 Å². The predicted octanol–water partition coefficient (Wildman–Crippen LogP) is 3.53. The maximum Gasteiger partial charge on any atom is 0.243 e. The number of piperazine rings is 1. The zero-order chi connectivity index (χ0) is 19.6. The zero-order valence-corrected chi connectivity index (χ0v) is 17.6. The minimum atomic E-state index is -3.56. The molecule has 1 aliphatic rings. The molecule has 2 aromatic carbocycles. The van der Waals surface area contributed by atoms with E-state index < -0.39 is 10.0 Å². The first-order chi connectivity index (χ1) is 13.5. The molecular formula is C20H20N2O3S3. The summed E-state index contributed by atoms with van der Waals surface area (Å²) in [6.07, 6.45) is 0. The SMILES string of the molecule is O=C(CSc1cccs1)N1CCN(S(=O)(=O)c2ccc3ccccc3c2)CC1. The second kappa shape index (κ2) is 8.24. The molecule has 1 aromatic heterocycles. The number of hydrogen-bond acceptors (Lipinski definition) is 5. The lowest BCUT2D eigenvalue weighted by Gasteiger charge is -2.34. The largest absolute Gasteiger partial charge is 0.339 e. The molecule has 146 valence electrons. The molecule has 28 heavy (non-hydrogen) atoms. The number of thioether (sulfide) groups is 1. The third-order valence-electron chi connectivity index (χ3n) is 4.78. The maximum absolute atomic E-state index is 13.0. The summed E-state index contributed by atoms with van der Waals surface area (Å²) in [5, 5.41) is 3.91. The van der Waals surface area contributed by atoms with Crippen LogP contribution in [-0.4, -0.2) is 55.5 Å². The third-order valence-corrected chi connectivity index (χ3v) is 8.79. The Morgan fingerprint density at radius 2 is 1.71 bits per heavy atom.